The Labute approximate surface area is 173 Å². The van der Waals surface area contributed by atoms with Crippen molar-refractivity contribution in [3.8, 4) is 0 Å². The van der Waals surface area contributed by atoms with Crippen molar-refractivity contribution in [2.24, 2.45) is 5.41 Å². The summed E-state index contributed by atoms with van der Waals surface area (Å²) in [6.45, 7) is 4.93. The number of hydrogen-bond acceptors (Lipinski definition) is 1. The molecule has 0 radical (unpaired) electrons. The SMILES string of the molecule is OC([s+]1cccc1)([s+]1cccc1)C12CC[N+](CCc3ccccc3)(CC1)CC2. The van der Waals surface area contributed by atoms with E-state index >= 15 is 0 Å². The van der Waals surface area contributed by atoms with Gasteiger partial charge in [-0.2, -0.15) is 0 Å². The van der Waals surface area contributed by atoms with Gasteiger partial charge in [0.25, 0.3) is 0 Å². The molecule has 1 aromatic carbocycles. The Morgan fingerprint density at radius 2 is 1.29 bits per heavy atom. The number of fused-ring (bicyclic) bond motifs is 3. The Kier molecular flexibility index (Phi) is 4.71. The van der Waals surface area contributed by atoms with Gasteiger partial charge in [0.05, 0.1) is 47.1 Å². The Morgan fingerprint density at radius 3 is 1.79 bits per heavy atom. The highest BCUT2D eigenvalue weighted by Gasteiger charge is 2.71. The molecule has 0 atom stereocenters. The monoisotopic (exact) mass is 412 g/mol. The number of nitrogens with zero attached hydrogens (tertiary/aromatic N) is 1. The molecule has 1 N–H and O–H groups in total. The molecule has 3 saturated heterocycles. The largest absolute Gasteiger partial charge is 0.429 e. The van der Waals surface area contributed by atoms with Crippen LogP contribution < -0.4 is 0 Å². The molecule has 0 aliphatic carbocycles. The molecule has 3 aliphatic heterocycles. The van der Waals surface area contributed by atoms with Gasteiger partial charge < -0.3 is 4.48 Å². The number of aliphatic hydroxyl groups is 1. The zero-order valence-electron chi connectivity index (χ0n) is 16.4. The zero-order valence-corrected chi connectivity index (χ0v) is 18.0. The molecule has 3 aromatic rings. The third-order valence-corrected chi connectivity index (χ3v) is 12.4. The molecule has 3 fully saturated rings. The van der Waals surface area contributed by atoms with Crippen LogP contribution in [0.15, 0.2) is 76.1 Å². The summed E-state index contributed by atoms with van der Waals surface area (Å²) in [4.78, 5) is 0. The summed E-state index contributed by atoms with van der Waals surface area (Å²) < 4.78 is 0.613. The van der Waals surface area contributed by atoms with Crippen LogP contribution in [0.3, 0.4) is 0 Å². The predicted octanol–water partition coefficient (Wildman–Crippen LogP) is 5.58. The van der Waals surface area contributed by atoms with E-state index in [1.165, 1.54) is 42.6 Å². The molecular formula is C24H30NOS2+3. The van der Waals surface area contributed by atoms with Crippen LogP contribution in [0.1, 0.15) is 24.8 Å². The molecule has 2 aromatic heterocycles. The van der Waals surface area contributed by atoms with Crippen LogP contribution in [0.5, 0.6) is 0 Å². The quantitative estimate of drug-likeness (QED) is 0.414. The van der Waals surface area contributed by atoms with Crippen molar-refractivity contribution in [1.82, 2.24) is 0 Å². The zero-order chi connectivity index (χ0) is 19.1. The van der Waals surface area contributed by atoms with Gasteiger partial charge >= 0.3 is 4.27 Å². The normalized spacial score (nSPS) is 27.2. The van der Waals surface area contributed by atoms with E-state index in [0.717, 1.165) is 19.3 Å². The van der Waals surface area contributed by atoms with E-state index in [2.05, 4.69) is 76.1 Å². The van der Waals surface area contributed by atoms with Gasteiger partial charge in [0, 0.05) is 25.7 Å². The van der Waals surface area contributed by atoms with E-state index in [4.69, 9.17) is 0 Å². The molecule has 28 heavy (non-hydrogen) atoms. The first-order valence-corrected chi connectivity index (χ1v) is 13.1. The molecule has 6 rings (SSSR count). The van der Waals surface area contributed by atoms with Crippen LogP contribution in [0.25, 0.3) is 0 Å². The van der Waals surface area contributed by atoms with Crippen molar-refractivity contribution in [2.75, 3.05) is 26.2 Å². The first-order valence-electron chi connectivity index (χ1n) is 10.4. The van der Waals surface area contributed by atoms with Gasteiger partial charge in [0.2, 0.25) is 0 Å². The number of rotatable bonds is 6. The van der Waals surface area contributed by atoms with Crippen molar-refractivity contribution in [2.45, 2.75) is 29.9 Å². The number of piperidine rings is 3. The van der Waals surface area contributed by atoms with Crippen molar-refractivity contribution < 1.29 is 9.59 Å². The average Bonchev–Trinajstić information content (AvgIpc) is 3.48. The highest BCUT2D eigenvalue weighted by molar-refractivity contribution is 7.48. The first-order chi connectivity index (χ1) is 13.7. The fourth-order valence-electron chi connectivity index (χ4n) is 5.47. The maximum absolute atomic E-state index is 12.3. The molecular weight excluding hydrogens is 382 g/mol. The summed E-state index contributed by atoms with van der Waals surface area (Å²) in [7, 11) is -0.365. The van der Waals surface area contributed by atoms with Crippen LogP contribution in [0.2, 0.25) is 0 Å². The minimum absolute atomic E-state index is 0.0595. The van der Waals surface area contributed by atoms with Crippen molar-refractivity contribution in [1.29, 1.82) is 0 Å². The standard InChI is InChI=1S/C24H30NOS2/c26-24(27-18-4-5-19-27,28-20-6-7-21-28)23-11-15-25(16-12-23,17-13-23)14-10-22-8-2-1-3-9-22/h1-9,18-21,26H,10-17H2/q+3. The Hall–Kier alpha value is -1.46. The summed E-state index contributed by atoms with van der Waals surface area (Å²) >= 11 is 0. The van der Waals surface area contributed by atoms with E-state index < -0.39 is 4.27 Å². The highest BCUT2D eigenvalue weighted by atomic mass is 32.2. The lowest BCUT2D eigenvalue weighted by Crippen LogP contribution is -2.65. The summed E-state index contributed by atoms with van der Waals surface area (Å²) in [6, 6.07) is 19.4. The number of thiophene rings is 2. The number of quaternary nitrogens is 1. The molecule has 5 heterocycles. The molecule has 2 bridgehead atoms. The first kappa shape index (κ1) is 18.6. The minimum atomic E-state index is -0.643. The van der Waals surface area contributed by atoms with E-state index in [1.54, 1.807) is 0 Å². The maximum atomic E-state index is 12.3. The van der Waals surface area contributed by atoms with Crippen molar-refractivity contribution in [3.63, 3.8) is 0 Å². The minimum Gasteiger partial charge on any atom is -0.323 e. The number of hydrogen-bond donors (Lipinski definition) is 1. The Morgan fingerprint density at radius 1 is 0.786 bits per heavy atom. The van der Waals surface area contributed by atoms with Gasteiger partial charge in [-0.15, -0.1) is 0 Å². The maximum Gasteiger partial charge on any atom is 0.429 e. The molecule has 0 spiro atoms. The molecule has 2 nitrogen and oxygen atoms in total. The van der Waals surface area contributed by atoms with Gasteiger partial charge in [-0.3, -0.25) is 5.11 Å². The lowest BCUT2D eigenvalue weighted by molar-refractivity contribution is -0.945. The van der Waals surface area contributed by atoms with Gasteiger partial charge in [0.15, 0.2) is 0 Å². The van der Waals surface area contributed by atoms with Crippen LogP contribution in [-0.2, 0) is 10.7 Å². The van der Waals surface area contributed by atoms with Crippen LogP contribution >= 0.6 is 20.9 Å². The molecule has 0 saturated carbocycles. The Bertz CT molecular complexity index is 843. The van der Waals surface area contributed by atoms with Crippen LogP contribution in [0, 0.1) is 5.41 Å². The summed E-state index contributed by atoms with van der Waals surface area (Å²) in [5.74, 6) is 0. The van der Waals surface area contributed by atoms with E-state index in [0.29, 0.717) is 0 Å². The topological polar surface area (TPSA) is 20.2 Å². The van der Waals surface area contributed by atoms with E-state index in [9.17, 15) is 5.11 Å². The molecule has 4 heteroatoms. The average molecular weight is 413 g/mol. The Balaban J connectivity index is 1.40. The fraction of sp³-hybridized carbons (Fsp3) is 0.417. The van der Waals surface area contributed by atoms with Gasteiger partial charge in [-0.05, 0) is 29.8 Å². The second-order valence-electron chi connectivity index (χ2n) is 8.64. The van der Waals surface area contributed by atoms with E-state index in [-0.39, 0.29) is 26.4 Å². The second kappa shape index (κ2) is 7.10. The lowest BCUT2D eigenvalue weighted by atomic mass is 9.70. The van der Waals surface area contributed by atoms with E-state index in [1.807, 2.05) is 0 Å². The van der Waals surface area contributed by atoms with Gasteiger partial charge in [-0.25, -0.2) is 0 Å². The number of benzene rings is 1. The third-order valence-electron chi connectivity index (χ3n) is 7.34. The smallest absolute Gasteiger partial charge is 0.323 e. The van der Waals surface area contributed by atoms with Crippen LogP contribution in [0.4, 0.5) is 0 Å². The van der Waals surface area contributed by atoms with Crippen molar-refractivity contribution >= 4 is 20.9 Å². The molecule has 3 aliphatic rings. The van der Waals surface area contributed by atoms with Gasteiger partial charge in [-0.1, -0.05) is 30.3 Å². The third kappa shape index (κ3) is 2.89. The fourth-order valence-corrected chi connectivity index (χ4v) is 10.6. The molecule has 146 valence electrons. The van der Waals surface area contributed by atoms with Gasteiger partial charge in [0.1, 0.15) is 26.9 Å². The van der Waals surface area contributed by atoms with Crippen LogP contribution in [-0.4, -0.2) is 35.8 Å². The summed E-state index contributed by atoms with van der Waals surface area (Å²) in [6.07, 6.45) is 4.65. The summed E-state index contributed by atoms with van der Waals surface area (Å²) in [5, 5.41) is 21.3. The predicted molar refractivity (Wildman–Crippen MR) is 120 cm³/mol. The lowest BCUT2D eigenvalue weighted by Gasteiger charge is -2.55. The second-order valence-corrected chi connectivity index (χ2v) is 12.7. The van der Waals surface area contributed by atoms with Crippen molar-refractivity contribution in [3.05, 3.63) is 81.7 Å². The molecule has 0 unspecified atom stereocenters. The highest BCUT2D eigenvalue weighted by Crippen LogP contribution is 2.65. The molecule has 0 amide bonds. The summed E-state index contributed by atoms with van der Waals surface area (Å²) in [5.41, 5.74) is 1.52.